The first-order valence-corrected chi connectivity index (χ1v) is 9.12. The highest BCUT2D eigenvalue weighted by atomic mass is 79.9. The van der Waals surface area contributed by atoms with Crippen molar-refractivity contribution in [3.8, 4) is 0 Å². The second-order valence-electron chi connectivity index (χ2n) is 4.74. The zero-order chi connectivity index (χ0) is 16.6. The van der Waals surface area contributed by atoms with E-state index in [4.69, 9.17) is 16.7 Å². The van der Waals surface area contributed by atoms with Gasteiger partial charge in [0.15, 0.2) is 10.8 Å². The number of hydrogen-bond acceptors (Lipinski definition) is 5. The molecule has 0 saturated carbocycles. The van der Waals surface area contributed by atoms with E-state index in [0.29, 0.717) is 27.6 Å². The molecule has 0 aliphatic carbocycles. The fourth-order valence-electron chi connectivity index (χ4n) is 2.04. The van der Waals surface area contributed by atoms with Crippen LogP contribution in [0, 0.1) is 0 Å². The van der Waals surface area contributed by atoms with Crippen molar-refractivity contribution in [2.75, 3.05) is 5.32 Å². The van der Waals surface area contributed by atoms with Gasteiger partial charge in [0.05, 0.1) is 16.8 Å². The number of nitrogens with zero attached hydrogens (tertiary/aromatic N) is 3. The summed E-state index contributed by atoms with van der Waals surface area (Å²) in [5, 5.41) is 12.7. The second-order valence-corrected chi connectivity index (χ2v) is 7.50. The number of imidazole rings is 1. The van der Waals surface area contributed by atoms with Gasteiger partial charge in [0.2, 0.25) is 10.0 Å². The molecule has 1 aromatic carbocycles. The molecule has 0 fully saturated rings. The van der Waals surface area contributed by atoms with Gasteiger partial charge in [-0.1, -0.05) is 23.7 Å². The van der Waals surface area contributed by atoms with Crippen molar-refractivity contribution < 1.29 is 8.42 Å². The summed E-state index contributed by atoms with van der Waals surface area (Å²) in [6, 6.07) is 7.98. The molecule has 0 unspecified atom stereocenters. The highest BCUT2D eigenvalue weighted by Crippen LogP contribution is 2.23. The first-order chi connectivity index (χ1) is 10.8. The second kappa shape index (κ2) is 6.08. The number of fused-ring (bicyclic) bond motifs is 1. The molecule has 0 bridgehead atoms. The molecular weight excluding hydrogens is 406 g/mol. The average Bonchev–Trinajstić information content (AvgIpc) is 2.86. The molecule has 3 rings (SSSR count). The van der Waals surface area contributed by atoms with E-state index >= 15 is 0 Å². The fourth-order valence-corrected chi connectivity index (χ4v) is 3.09. The van der Waals surface area contributed by atoms with Gasteiger partial charge >= 0.3 is 0 Å². The van der Waals surface area contributed by atoms with E-state index < -0.39 is 10.0 Å². The Labute approximate surface area is 145 Å². The van der Waals surface area contributed by atoms with Crippen molar-refractivity contribution in [2.24, 2.45) is 5.14 Å². The molecule has 0 atom stereocenters. The Bertz CT molecular complexity index is 972. The third-order valence-corrected chi connectivity index (χ3v) is 4.79. The maximum atomic E-state index is 11.2. The van der Waals surface area contributed by atoms with Gasteiger partial charge in [0.1, 0.15) is 4.60 Å². The number of aromatic nitrogens is 3. The van der Waals surface area contributed by atoms with Crippen LogP contribution in [0.5, 0.6) is 0 Å². The van der Waals surface area contributed by atoms with Gasteiger partial charge in [-0.15, -0.1) is 0 Å². The summed E-state index contributed by atoms with van der Waals surface area (Å²) in [4.78, 5) is 4.33. The smallest absolute Gasteiger partial charge is 0.238 e. The van der Waals surface area contributed by atoms with Crippen molar-refractivity contribution in [2.45, 2.75) is 11.4 Å². The Morgan fingerprint density at radius 3 is 2.65 bits per heavy atom. The van der Waals surface area contributed by atoms with Gasteiger partial charge in [-0.25, -0.2) is 23.1 Å². The van der Waals surface area contributed by atoms with Gasteiger partial charge in [0.25, 0.3) is 0 Å². The predicted molar refractivity (Wildman–Crippen MR) is 90.8 cm³/mol. The Morgan fingerprint density at radius 2 is 2.00 bits per heavy atom. The maximum Gasteiger partial charge on any atom is 0.238 e. The minimum absolute atomic E-state index is 0.0767. The van der Waals surface area contributed by atoms with Crippen LogP contribution in [0.2, 0.25) is 5.15 Å². The summed E-state index contributed by atoms with van der Waals surface area (Å²) < 4.78 is 24.7. The molecule has 7 nitrogen and oxygen atoms in total. The standard InChI is InChI=1S/C13H11BrClN5O2S/c14-11-7-18-13-10(5-12(15)19-20(11)13)17-6-8-1-3-9(4-2-8)23(16,21)22/h1-5,7,17H,6H2,(H2,16,21,22). The third kappa shape index (κ3) is 3.47. The zero-order valence-electron chi connectivity index (χ0n) is 11.6. The van der Waals surface area contributed by atoms with Crippen molar-refractivity contribution in [3.05, 3.63) is 51.8 Å². The van der Waals surface area contributed by atoms with Crippen LogP contribution in [0.3, 0.4) is 0 Å². The number of sulfonamides is 1. The van der Waals surface area contributed by atoms with Gasteiger partial charge in [-0.3, -0.25) is 0 Å². The van der Waals surface area contributed by atoms with E-state index in [2.05, 4.69) is 31.3 Å². The molecule has 23 heavy (non-hydrogen) atoms. The normalized spacial score (nSPS) is 11.8. The summed E-state index contributed by atoms with van der Waals surface area (Å²) in [5.41, 5.74) is 2.22. The number of nitrogens with one attached hydrogen (secondary N) is 1. The van der Waals surface area contributed by atoms with Crippen LogP contribution in [0.15, 0.2) is 46.0 Å². The van der Waals surface area contributed by atoms with E-state index in [1.807, 2.05) is 0 Å². The van der Waals surface area contributed by atoms with Gasteiger partial charge < -0.3 is 5.32 Å². The Morgan fingerprint density at radius 1 is 1.30 bits per heavy atom. The van der Waals surface area contributed by atoms with E-state index in [1.165, 1.54) is 12.1 Å². The highest BCUT2D eigenvalue weighted by molar-refractivity contribution is 9.10. The summed E-state index contributed by atoms with van der Waals surface area (Å²) in [7, 11) is -3.68. The highest BCUT2D eigenvalue weighted by Gasteiger charge is 2.10. The largest absolute Gasteiger partial charge is 0.378 e. The Hall–Kier alpha value is -1.68. The molecular formula is C13H11BrClN5O2S. The van der Waals surface area contributed by atoms with Crippen LogP contribution in [-0.4, -0.2) is 23.0 Å². The van der Waals surface area contributed by atoms with Gasteiger partial charge in [0, 0.05) is 12.6 Å². The molecule has 2 aromatic heterocycles. The number of halogens is 2. The third-order valence-electron chi connectivity index (χ3n) is 3.13. The monoisotopic (exact) mass is 415 g/mol. The number of hydrogen-bond donors (Lipinski definition) is 2. The maximum absolute atomic E-state index is 11.2. The summed E-state index contributed by atoms with van der Waals surface area (Å²) >= 11 is 9.34. The predicted octanol–water partition coefficient (Wildman–Crippen LogP) is 2.40. The number of nitrogens with two attached hydrogens (primary N) is 1. The SMILES string of the molecule is NS(=O)(=O)c1ccc(CNc2cc(Cl)nn3c(Br)cnc23)cc1. The molecule has 3 N–H and O–H groups in total. The van der Waals surface area contributed by atoms with E-state index in [0.717, 1.165) is 5.56 Å². The van der Waals surface area contributed by atoms with Crippen molar-refractivity contribution in [3.63, 3.8) is 0 Å². The number of primary sulfonamides is 1. The quantitative estimate of drug-likeness (QED) is 0.680. The van der Waals surface area contributed by atoms with Crippen LogP contribution in [0.1, 0.15) is 5.56 Å². The van der Waals surface area contributed by atoms with Crippen molar-refractivity contribution >= 4 is 48.9 Å². The fraction of sp³-hybridized carbons (Fsp3) is 0.0769. The summed E-state index contributed by atoms with van der Waals surface area (Å²) in [5.74, 6) is 0. The lowest BCUT2D eigenvalue weighted by molar-refractivity contribution is 0.598. The molecule has 0 aliphatic heterocycles. The van der Waals surface area contributed by atoms with Gasteiger partial charge in [-0.2, -0.15) is 5.10 Å². The summed E-state index contributed by atoms with van der Waals surface area (Å²) in [6.07, 6.45) is 1.63. The number of anilines is 1. The summed E-state index contributed by atoms with van der Waals surface area (Å²) in [6.45, 7) is 0.464. The minimum atomic E-state index is -3.68. The first-order valence-electron chi connectivity index (χ1n) is 6.40. The molecule has 0 spiro atoms. The molecule has 10 heteroatoms. The van der Waals surface area contributed by atoms with E-state index in [-0.39, 0.29) is 4.90 Å². The van der Waals surface area contributed by atoms with Crippen LogP contribution in [-0.2, 0) is 16.6 Å². The van der Waals surface area contributed by atoms with Crippen molar-refractivity contribution in [1.82, 2.24) is 14.6 Å². The number of rotatable bonds is 4. The van der Waals surface area contributed by atoms with E-state index in [9.17, 15) is 8.42 Å². The van der Waals surface area contributed by atoms with Crippen LogP contribution >= 0.6 is 27.5 Å². The first kappa shape index (κ1) is 16.2. The molecule has 3 aromatic rings. The van der Waals surface area contributed by atoms with Crippen LogP contribution < -0.4 is 10.5 Å². The molecule has 2 heterocycles. The lowest BCUT2D eigenvalue weighted by Gasteiger charge is -2.09. The number of benzene rings is 1. The Balaban J connectivity index is 1.84. The Kier molecular flexibility index (Phi) is 4.28. The average molecular weight is 417 g/mol. The lowest BCUT2D eigenvalue weighted by atomic mass is 10.2. The van der Waals surface area contributed by atoms with Gasteiger partial charge in [-0.05, 0) is 33.6 Å². The minimum Gasteiger partial charge on any atom is -0.378 e. The van der Waals surface area contributed by atoms with Crippen LogP contribution in [0.25, 0.3) is 5.65 Å². The molecule has 120 valence electrons. The zero-order valence-corrected chi connectivity index (χ0v) is 14.7. The lowest BCUT2D eigenvalue weighted by Crippen LogP contribution is -2.12. The van der Waals surface area contributed by atoms with E-state index in [1.54, 1.807) is 28.9 Å². The topological polar surface area (TPSA) is 102 Å². The molecule has 0 aliphatic rings. The van der Waals surface area contributed by atoms with Crippen molar-refractivity contribution in [1.29, 1.82) is 0 Å². The molecule has 0 radical (unpaired) electrons. The molecule has 0 saturated heterocycles. The molecule has 0 amide bonds. The van der Waals surface area contributed by atoms with Crippen LogP contribution in [0.4, 0.5) is 5.69 Å².